The molecule has 0 atom stereocenters. The molecular weight excluding hydrogens is 336 g/mol. The van der Waals surface area contributed by atoms with E-state index in [2.05, 4.69) is 14.2 Å². The lowest BCUT2D eigenvalue weighted by Gasteiger charge is -2.30. The van der Waals surface area contributed by atoms with Crippen molar-refractivity contribution in [3.8, 4) is 16.9 Å². The molecule has 2 aromatic rings. The standard InChI is InChI=1S/C14H10F4N2O2S/c15-13(16)11-7-9(3-6-12(11)21-14(17,18)22-13)8-1-4-10(5-2-8)20-23-19/h1-7,20H,19H2. The van der Waals surface area contributed by atoms with Crippen LogP contribution in [0, 0.1) is 0 Å². The molecule has 4 nitrogen and oxygen atoms in total. The van der Waals surface area contributed by atoms with E-state index in [0.717, 1.165) is 30.0 Å². The number of benzene rings is 2. The zero-order valence-electron chi connectivity index (χ0n) is 11.4. The highest BCUT2D eigenvalue weighted by Crippen LogP contribution is 2.47. The van der Waals surface area contributed by atoms with Crippen LogP contribution in [0.25, 0.3) is 11.1 Å². The van der Waals surface area contributed by atoms with Crippen molar-refractivity contribution in [2.75, 3.05) is 4.72 Å². The van der Waals surface area contributed by atoms with Crippen LogP contribution >= 0.6 is 12.1 Å². The van der Waals surface area contributed by atoms with E-state index in [-0.39, 0.29) is 0 Å². The summed E-state index contributed by atoms with van der Waals surface area (Å²) in [5, 5.41) is 5.27. The van der Waals surface area contributed by atoms with Gasteiger partial charge in [0, 0.05) is 17.8 Å². The Labute approximate surface area is 132 Å². The first-order chi connectivity index (χ1) is 10.8. The molecular formula is C14H10F4N2O2S. The van der Waals surface area contributed by atoms with Crippen LogP contribution in [0.1, 0.15) is 5.56 Å². The molecule has 122 valence electrons. The third-order valence-corrected chi connectivity index (χ3v) is 3.52. The summed E-state index contributed by atoms with van der Waals surface area (Å²) in [4.78, 5) is 0. The minimum absolute atomic E-state index is 0.410. The van der Waals surface area contributed by atoms with Crippen LogP contribution in [-0.2, 0) is 10.8 Å². The number of nitrogens with two attached hydrogens (primary N) is 1. The Morgan fingerprint density at radius 3 is 2.26 bits per heavy atom. The van der Waals surface area contributed by atoms with Gasteiger partial charge in [0.25, 0.3) is 0 Å². The monoisotopic (exact) mass is 346 g/mol. The van der Waals surface area contributed by atoms with E-state index in [4.69, 9.17) is 5.14 Å². The lowest BCUT2D eigenvalue weighted by molar-refractivity contribution is -0.461. The van der Waals surface area contributed by atoms with Gasteiger partial charge in [0.15, 0.2) is 0 Å². The third-order valence-electron chi connectivity index (χ3n) is 3.16. The summed E-state index contributed by atoms with van der Waals surface area (Å²) in [5.41, 5.74) is 1.01. The smallest absolute Gasteiger partial charge is 0.409 e. The molecule has 23 heavy (non-hydrogen) atoms. The maximum absolute atomic E-state index is 13.7. The minimum Gasteiger partial charge on any atom is -0.409 e. The van der Waals surface area contributed by atoms with Gasteiger partial charge in [-0.3, -0.25) is 5.14 Å². The van der Waals surface area contributed by atoms with Crippen LogP contribution in [-0.4, -0.2) is 6.29 Å². The van der Waals surface area contributed by atoms with Gasteiger partial charge in [0.1, 0.15) is 5.75 Å². The van der Waals surface area contributed by atoms with Gasteiger partial charge < -0.3 is 9.46 Å². The fourth-order valence-electron chi connectivity index (χ4n) is 2.18. The highest BCUT2D eigenvalue weighted by Gasteiger charge is 2.54. The number of hydrogen-bond acceptors (Lipinski definition) is 5. The van der Waals surface area contributed by atoms with E-state index in [1.807, 2.05) is 0 Å². The average Bonchev–Trinajstić information content (AvgIpc) is 2.46. The van der Waals surface area contributed by atoms with Gasteiger partial charge in [-0.15, -0.1) is 8.78 Å². The van der Waals surface area contributed by atoms with Crippen LogP contribution < -0.4 is 14.6 Å². The molecule has 0 aliphatic carbocycles. The van der Waals surface area contributed by atoms with E-state index < -0.39 is 23.7 Å². The number of nitrogens with one attached hydrogen (secondary N) is 1. The molecule has 3 N–H and O–H groups in total. The second kappa shape index (κ2) is 5.59. The molecule has 3 rings (SSSR count). The topological polar surface area (TPSA) is 56.5 Å². The van der Waals surface area contributed by atoms with Crippen LogP contribution in [0.15, 0.2) is 42.5 Å². The van der Waals surface area contributed by atoms with Crippen LogP contribution in [0.5, 0.6) is 5.75 Å². The van der Waals surface area contributed by atoms with E-state index in [0.29, 0.717) is 11.1 Å². The zero-order valence-corrected chi connectivity index (χ0v) is 12.2. The fourth-order valence-corrected chi connectivity index (χ4v) is 2.45. The average molecular weight is 346 g/mol. The van der Waals surface area contributed by atoms with Gasteiger partial charge in [-0.1, -0.05) is 18.2 Å². The SMILES string of the molecule is NSNc1ccc(-c2ccc3c(c2)C(F)(F)OC(F)(F)O3)cc1. The molecule has 0 spiro atoms. The molecule has 0 radical (unpaired) electrons. The molecule has 0 fully saturated rings. The third kappa shape index (κ3) is 3.21. The van der Waals surface area contributed by atoms with Crippen molar-refractivity contribution in [3.05, 3.63) is 48.0 Å². The van der Waals surface area contributed by atoms with Crippen molar-refractivity contribution in [1.82, 2.24) is 0 Å². The quantitative estimate of drug-likeness (QED) is 0.641. The zero-order chi connectivity index (χ0) is 16.7. The largest absolute Gasteiger partial charge is 0.540 e. The Morgan fingerprint density at radius 1 is 0.957 bits per heavy atom. The summed E-state index contributed by atoms with van der Waals surface area (Å²) >= 11 is 0.921. The van der Waals surface area contributed by atoms with E-state index in [9.17, 15) is 17.6 Å². The van der Waals surface area contributed by atoms with Gasteiger partial charge in [0.05, 0.1) is 5.56 Å². The Balaban J connectivity index is 1.98. The summed E-state index contributed by atoms with van der Waals surface area (Å²) in [6, 6.07) is 10.3. The van der Waals surface area contributed by atoms with Gasteiger partial charge in [-0.2, -0.15) is 8.78 Å². The number of ether oxygens (including phenoxy) is 2. The molecule has 2 aromatic carbocycles. The van der Waals surface area contributed by atoms with E-state index in [1.54, 1.807) is 24.3 Å². The molecule has 0 unspecified atom stereocenters. The van der Waals surface area contributed by atoms with Crippen molar-refractivity contribution in [3.63, 3.8) is 0 Å². The van der Waals surface area contributed by atoms with Crippen LogP contribution in [0.4, 0.5) is 23.2 Å². The highest BCUT2D eigenvalue weighted by atomic mass is 32.2. The maximum Gasteiger partial charge on any atom is 0.540 e. The van der Waals surface area contributed by atoms with Crippen molar-refractivity contribution in [2.45, 2.75) is 12.4 Å². The number of anilines is 1. The molecule has 0 aromatic heterocycles. The van der Waals surface area contributed by atoms with Gasteiger partial charge in [-0.05, 0) is 35.4 Å². The first kappa shape index (κ1) is 15.9. The molecule has 1 aliphatic heterocycles. The van der Waals surface area contributed by atoms with Crippen molar-refractivity contribution in [2.24, 2.45) is 5.14 Å². The first-order valence-electron chi connectivity index (χ1n) is 6.32. The molecule has 0 saturated heterocycles. The summed E-state index contributed by atoms with van der Waals surface area (Å²) in [6.45, 7) is 0. The Kier molecular flexibility index (Phi) is 3.86. The Morgan fingerprint density at radius 2 is 1.61 bits per heavy atom. The van der Waals surface area contributed by atoms with Crippen molar-refractivity contribution < 1.29 is 27.0 Å². The van der Waals surface area contributed by atoms with Crippen molar-refractivity contribution in [1.29, 1.82) is 0 Å². The fraction of sp³-hybridized carbons (Fsp3) is 0.143. The predicted octanol–water partition coefficient (Wildman–Crippen LogP) is 4.30. The first-order valence-corrected chi connectivity index (χ1v) is 7.20. The normalized spacial score (nSPS) is 18.0. The molecule has 1 aliphatic rings. The molecule has 0 saturated carbocycles. The summed E-state index contributed by atoms with van der Waals surface area (Å²) in [5.74, 6) is -0.618. The van der Waals surface area contributed by atoms with E-state index >= 15 is 0 Å². The Hall–Kier alpha value is -1.97. The number of rotatable bonds is 3. The number of fused-ring (bicyclic) bond motifs is 1. The lowest BCUT2D eigenvalue weighted by Crippen LogP contribution is -2.41. The molecule has 9 heteroatoms. The molecule has 1 heterocycles. The summed E-state index contributed by atoms with van der Waals surface area (Å²) < 4.78 is 63.8. The van der Waals surface area contributed by atoms with Gasteiger partial charge in [-0.25, -0.2) is 4.74 Å². The number of hydrogen-bond donors (Lipinski definition) is 2. The molecule has 0 amide bonds. The number of alkyl halides is 4. The lowest BCUT2D eigenvalue weighted by atomic mass is 10.0. The highest BCUT2D eigenvalue weighted by molar-refractivity contribution is 7.98. The van der Waals surface area contributed by atoms with E-state index in [1.165, 1.54) is 6.07 Å². The van der Waals surface area contributed by atoms with Crippen LogP contribution in [0.3, 0.4) is 0 Å². The van der Waals surface area contributed by atoms with Gasteiger partial charge in [0.2, 0.25) is 0 Å². The van der Waals surface area contributed by atoms with Crippen molar-refractivity contribution >= 4 is 17.8 Å². The Bertz CT molecular complexity index is 725. The minimum atomic E-state index is -4.37. The van der Waals surface area contributed by atoms with Crippen LogP contribution in [0.2, 0.25) is 0 Å². The molecule has 0 bridgehead atoms. The second-order valence-electron chi connectivity index (χ2n) is 4.69. The van der Waals surface area contributed by atoms with Gasteiger partial charge >= 0.3 is 12.4 Å². The summed E-state index contributed by atoms with van der Waals surface area (Å²) in [7, 11) is 0. The predicted molar refractivity (Wildman–Crippen MR) is 77.8 cm³/mol. The maximum atomic E-state index is 13.7. The second-order valence-corrected chi connectivity index (χ2v) is 5.13. The summed E-state index contributed by atoms with van der Waals surface area (Å²) in [6.07, 6.45) is -8.52. The number of halogens is 4.